The normalized spacial score (nSPS) is 17.2. The molecule has 7 heteroatoms. The molecular weight excluding hydrogens is 344 g/mol. The summed E-state index contributed by atoms with van der Waals surface area (Å²) < 4.78 is 16.2. The van der Waals surface area contributed by atoms with Crippen molar-refractivity contribution < 1.29 is 14.0 Å². The van der Waals surface area contributed by atoms with E-state index < -0.39 is 0 Å². The molecule has 0 radical (unpaired) electrons. The van der Waals surface area contributed by atoms with Crippen molar-refractivity contribution in [3.8, 4) is 23.0 Å². The molecule has 4 rings (SSSR count). The molecule has 1 saturated heterocycles. The van der Waals surface area contributed by atoms with Crippen LogP contribution in [0.4, 0.5) is 0 Å². The molecule has 0 amide bonds. The highest BCUT2D eigenvalue weighted by molar-refractivity contribution is 5.53. The van der Waals surface area contributed by atoms with Gasteiger partial charge in [0.2, 0.25) is 17.6 Å². The molecule has 27 heavy (non-hydrogen) atoms. The van der Waals surface area contributed by atoms with E-state index in [4.69, 9.17) is 14.0 Å². The summed E-state index contributed by atoms with van der Waals surface area (Å²) in [4.78, 5) is 11.2. The zero-order valence-electron chi connectivity index (χ0n) is 15.5. The highest BCUT2D eigenvalue weighted by Crippen LogP contribution is 2.34. The van der Waals surface area contributed by atoms with Gasteiger partial charge in [0.15, 0.2) is 0 Å². The lowest BCUT2D eigenvalue weighted by molar-refractivity contribution is 0.199. The Morgan fingerprint density at radius 3 is 2.81 bits per heavy atom. The molecule has 0 aliphatic carbocycles. The van der Waals surface area contributed by atoms with Gasteiger partial charge in [-0.3, -0.25) is 4.90 Å². The number of hydrogen-bond acceptors (Lipinski definition) is 7. The van der Waals surface area contributed by atoms with E-state index >= 15 is 0 Å². The lowest BCUT2D eigenvalue weighted by Crippen LogP contribution is -2.23. The van der Waals surface area contributed by atoms with Gasteiger partial charge in [0.25, 0.3) is 0 Å². The van der Waals surface area contributed by atoms with Crippen molar-refractivity contribution in [3.05, 3.63) is 54.0 Å². The van der Waals surface area contributed by atoms with E-state index in [-0.39, 0.29) is 6.04 Å². The fourth-order valence-corrected chi connectivity index (χ4v) is 3.47. The second-order valence-electron chi connectivity index (χ2n) is 6.49. The number of nitrogens with zero attached hydrogens (tertiary/aromatic N) is 4. The van der Waals surface area contributed by atoms with Crippen molar-refractivity contribution in [1.82, 2.24) is 20.0 Å². The third kappa shape index (κ3) is 3.64. The summed E-state index contributed by atoms with van der Waals surface area (Å²) in [5, 5.41) is 4.14. The van der Waals surface area contributed by atoms with Crippen molar-refractivity contribution in [1.29, 1.82) is 0 Å². The van der Waals surface area contributed by atoms with Crippen molar-refractivity contribution in [2.75, 3.05) is 20.8 Å². The zero-order valence-corrected chi connectivity index (χ0v) is 15.5. The maximum absolute atomic E-state index is 5.59. The molecule has 1 fully saturated rings. The SMILES string of the molecule is COc1ccc(-c2noc([C@@H]3CCCN3Cc3ccccc3OC)n2)cn1. The molecule has 1 atom stereocenters. The molecule has 1 aromatic carbocycles. The first kappa shape index (κ1) is 17.5. The first-order valence-corrected chi connectivity index (χ1v) is 8.98. The average Bonchev–Trinajstić information content (AvgIpc) is 3.38. The van der Waals surface area contributed by atoms with Gasteiger partial charge in [-0.25, -0.2) is 4.98 Å². The summed E-state index contributed by atoms with van der Waals surface area (Å²) in [6.07, 6.45) is 3.79. The minimum Gasteiger partial charge on any atom is -0.496 e. The largest absolute Gasteiger partial charge is 0.496 e. The number of likely N-dealkylation sites (tertiary alicyclic amines) is 1. The van der Waals surface area contributed by atoms with Gasteiger partial charge < -0.3 is 14.0 Å². The number of aromatic nitrogens is 3. The van der Waals surface area contributed by atoms with Crippen LogP contribution in [0.3, 0.4) is 0 Å². The molecule has 7 nitrogen and oxygen atoms in total. The average molecular weight is 366 g/mol. The number of para-hydroxylation sites is 1. The summed E-state index contributed by atoms with van der Waals surface area (Å²) in [5.41, 5.74) is 1.96. The molecule has 0 bridgehead atoms. The van der Waals surface area contributed by atoms with Gasteiger partial charge in [-0.2, -0.15) is 4.98 Å². The van der Waals surface area contributed by atoms with Gasteiger partial charge in [0, 0.05) is 29.9 Å². The Balaban J connectivity index is 1.53. The number of benzene rings is 1. The van der Waals surface area contributed by atoms with Gasteiger partial charge in [-0.1, -0.05) is 23.4 Å². The predicted molar refractivity (Wildman–Crippen MR) is 99.5 cm³/mol. The second-order valence-corrected chi connectivity index (χ2v) is 6.49. The van der Waals surface area contributed by atoms with Crippen molar-refractivity contribution >= 4 is 0 Å². The van der Waals surface area contributed by atoms with E-state index in [2.05, 4.69) is 26.1 Å². The molecule has 3 aromatic rings. The van der Waals surface area contributed by atoms with Crippen LogP contribution in [-0.2, 0) is 6.54 Å². The molecule has 1 aliphatic rings. The minimum absolute atomic E-state index is 0.113. The van der Waals surface area contributed by atoms with E-state index in [0.717, 1.165) is 42.8 Å². The lowest BCUT2D eigenvalue weighted by Gasteiger charge is -2.22. The third-order valence-corrected chi connectivity index (χ3v) is 4.86. The fraction of sp³-hybridized carbons (Fsp3) is 0.350. The Bertz CT molecular complexity index is 894. The summed E-state index contributed by atoms with van der Waals surface area (Å²) in [7, 11) is 3.29. The van der Waals surface area contributed by atoms with Crippen LogP contribution in [0.1, 0.15) is 30.3 Å². The molecule has 1 aliphatic heterocycles. The number of pyridine rings is 1. The van der Waals surface area contributed by atoms with Crippen LogP contribution in [0.25, 0.3) is 11.4 Å². The summed E-state index contributed by atoms with van der Waals surface area (Å²) in [5.74, 6) is 2.65. The van der Waals surface area contributed by atoms with Crippen LogP contribution in [0.2, 0.25) is 0 Å². The van der Waals surface area contributed by atoms with Crippen LogP contribution >= 0.6 is 0 Å². The maximum atomic E-state index is 5.59. The monoisotopic (exact) mass is 366 g/mol. The molecule has 0 unspecified atom stereocenters. The minimum atomic E-state index is 0.113. The lowest BCUT2D eigenvalue weighted by atomic mass is 10.1. The summed E-state index contributed by atoms with van der Waals surface area (Å²) in [6.45, 7) is 1.78. The van der Waals surface area contributed by atoms with E-state index in [1.807, 2.05) is 24.3 Å². The third-order valence-electron chi connectivity index (χ3n) is 4.86. The summed E-state index contributed by atoms with van der Waals surface area (Å²) in [6, 6.07) is 11.9. The highest BCUT2D eigenvalue weighted by Gasteiger charge is 2.31. The van der Waals surface area contributed by atoms with Gasteiger partial charge >= 0.3 is 0 Å². The Hall–Kier alpha value is -2.93. The van der Waals surface area contributed by atoms with Crippen molar-refractivity contribution in [2.24, 2.45) is 0 Å². The predicted octanol–water partition coefficient (Wildman–Crippen LogP) is 3.49. The van der Waals surface area contributed by atoms with E-state index in [1.165, 1.54) is 0 Å². The maximum Gasteiger partial charge on any atom is 0.244 e. The quantitative estimate of drug-likeness (QED) is 0.661. The molecule has 140 valence electrons. The van der Waals surface area contributed by atoms with Gasteiger partial charge in [0.1, 0.15) is 5.75 Å². The van der Waals surface area contributed by atoms with Crippen LogP contribution in [0.5, 0.6) is 11.6 Å². The number of methoxy groups -OCH3 is 2. The van der Waals surface area contributed by atoms with E-state index in [9.17, 15) is 0 Å². The Kier molecular flexibility index (Phi) is 5.02. The fourth-order valence-electron chi connectivity index (χ4n) is 3.47. The highest BCUT2D eigenvalue weighted by atomic mass is 16.5. The molecule has 0 spiro atoms. The van der Waals surface area contributed by atoms with E-state index in [1.54, 1.807) is 26.5 Å². The molecule has 2 aromatic heterocycles. The van der Waals surface area contributed by atoms with Gasteiger partial charge in [-0.15, -0.1) is 0 Å². The second kappa shape index (κ2) is 7.75. The first-order valence-electron chi connectivity index (χ1n) is 8.98. The molecule has 3 heterocycles. The van der Waals surface area contributed by atoms with Crippen LogP contribution in [0.15, 0.2) is 47.1 Å². The Morgan fingerprint density at radius 2 is 2.04 bits per heavy atom. The topological polar surface area (TPSA) is 73.5 Å². The van der Waals surface area contributed by atoms with Gasteiger partial charge in [0.05, 0.1) is 20.3 Å². The standard InChI is InChI=1S/C20H22N4O3/c1-25-17-8-4-3-6-15(17)13-24-11-5-7-16(24)20-22-19(23-27-20)14-9-10-18(26-2)21-12-14/h3-4,6,8-10,12,16H,5,7,11,13H2,1-2H3/t16-/m0/s1. The number of ether oxygens (including phenoxy) is 2. The van der Waals surface area contributed by atoms with Crippen LogP contribution < -0.4 is 9.47 Å². The van der Waals surface area contributed by atoms with Crippen LogP contribution in [-0.4, -0.2) is 40.8 Å². The molecule has 0 N–H and O–H groups in total. The van der Waals surface area contributed by atoms with Crippen molar-refractivity contribution in [2.45, 2.75) is 25.4 Å². The molecular formula is C20H22N4O3. The number of hydrogen-bond donors (Lipinski definition) is 0. The Labute approximate surface area is 157 Å². The van der Waals surface area contributed by atoms with Crippen LogP contribution in [0, 0.1) is 0 Å². The number of rotatable bonds is 6. The smallest absolute Gasteiger partial charge is 0.244 e. The first-order chi connectivity index (χ1) is 13.3. The van der Waals surface area contributed by atoms with Gasteiger partial charge in [-0.05, 0) is 31.5 Å². The zero-order chi connectivity index (χ0) is 18.6. The molecule has 0 saturated carbocycles. The van der Waals surface area contributed by atoms with Crippen molar-refractivity contribution in [3.63, 3.8) is 0 Å². The summed E-state index contributed by atoms with van der Waals surface area (Å²) >= 11 is 0. The van der Waals surface area contributed by atoms with E-state index in [0.29, 0.717) is 17.6 Å². The Morgan fingerprint density at radius 1 is 1.15 bits per heavy atom.